The summed E-state index contributed by atoms with van der Waals surface area (Å²) in [5, 5.41) is 18.8. The molecule has 1 rings (SSSR count). The van der Waals surface area contributed by atoms with Crippen LogP contribution in [0.25, 0.3) is 0 Å². The van der Waals surface area contributed by atoms with Crippen LogP contribution in [-0.2, 0) is 6.54 Å². The van der Waals surface area contributed by atoms with E-state index in [0.717, 1.165) is 25.1 Å². The Hall–Kier alpha value is -0.780. The predicted octanol–water partition coefficient (Wildman–Crippen LogP) is 2.37. The zero-order valence-corrected chi connectivity index (χ0v) is 12.4. The van der Waals surface area contributed by atoms with Gasteiger partial charge in [0.2, 0.25) is 0 Å². The van der Waals surface area contributed by atoms with Crippen molar-refractivity contribution in [1.82, 2.24) is 4.90 Å². The molecule has 0 aliphatic carbocycles. The van der Waals surface area contributed by atoms with Crippen molar-refractivity contribution in [2.75, 3.05) is 26.8 Å². The molecule has 0 amide bonds. The summed E-state index contributed by atoms with van der Waals surface area (Å²) in [6, 6.07) is 3.69. The molecule has 0 spiro atoms. The number of aromatic hydroxyl groups is 1. The quantitative estimate of drug-likeness (QED) is 0.810. The number of methoxy groups -OCH3 is 1. The number of benzene rings is 1. The summed E-state index contributed by atoms with van der Waals surface area (Å²) in [5.41, 5.74) is 1.04. The topological polar surface area (TPSA) is 52.9 Å². The van der Waals surface area contributed by atoms with Crippen LogP contribution in [0.1, 0.15) is 18.9 Å². The molecule has 1 aromatic carbocycles. The SMILES string of the molecule is CCCN(CCO)Cc1cc(Br)c(O)c(OC)c1. The maximum Gasteiger partial charge on any atom is 0.172 e. The molecule has 0 atom stereocenters. The van der Waals surface area contributed by atoms with Crippen LogP contribution in [0.5, 0.6) is 11.5 Å². The summed E-state index contributed by atoms with van der Waals surface area (Å²) in [5.74, 6) is 0.574. The monoisotopic (exact) mass is 317 g/mol. The van der Waals surface area contributed by atoms with Gasteiger partial charge < -0.3 is 14.9 Å². The first-order valence-electron chi connectivity index (χ1n) is 6.01. The number of phenols is 1. The van der Waals surface area contributed by atoms with E-state index >= 15 is 0 Å². The van der Waals surface area contributed by atoms with E-state index in [2.05, 4.69) is 27.8 Å². The maximum absolute atomic E-state index is 9.74. The highest BCUT2D eigenvalue weighted by Gasteiger charge is 2.11. The largest absolute Gasteiger partial charge is 0.503 e. The minimum Gasteiger partial charge on any atom is -0.503 e. The van der Waals surface area contributed by atoms with Gasteiger partial charge in [0.05, 0.1) is 18.2 Å². The number of aliphatic hydroxyl groups is 1. The molecule has 4 nitrogen and oxygen atoms in total. The Bertz CT molecular complexity index is 379. The van der Waals surface area contributed by atoms with Crippen molar-refractivity contribution >= 4 is 15.9 Å². The third-order valence-corrected chi connectivity index (χ3v) is 3.27. The minimum absolute atomic E-state index is 0.116. The minimum atomic E-state index is 0.116. The number of halogens is 1. The van der Waals surface area contributed by atoms with Crippen molar-refractivity contribution in [2.45, 2.75) is 19.9 Å². The van der Waals surface area contributed by atoms with Crippen molar-refractivity contribution < 1.29 is 14.9 Å². The number of hydrogen-bond acceptors (Lipinski definition) is 4. The van der Waals surface area contributed by atoms with Gasteiger partial charge in [-0.15, -0.1) is 0 Å². The smallest absolute Gasteiger partial charge is 0.172 e. The lowest BCUT2D eigenvalue weighted by Crippen LogP contribution is -2.27. The highest BCUT2D eigenvalue weighted by molar-refractivity contribution is 9.10. The van der Waals surface area contributed by atoms with E-state index in [1.165, 1.54) is 7.11 Å². The molecule has 0 unspecified atom stereocenters. The van der Waals surface area contributed by atoms with E-state index < -0.39 is 0 Å². The fourth-order valence-corrected chi connectivity index (χ4v) is 2.35. The molecule has 1 aromatic rings. The third kappa shape index (κ3) is 4.15. The van der Waals surface area contributed by atoms with E-state index in [4.69, 9.17) is 9.84 Å². The van der Waals surface area contributed by atoms with Crippen LogP contribution in [0.15, 0.2) is 16.6 Å². The second kappa shape index (κ2) is 7.61. The van der Waals surface area contributed by atoms with Gasteiger partial charge in [0.1, 0.15) is 0 Å². The highest BCUT2D eigenvalue weighted by Crippen LogP contribution is 2.35. The first-order chi connectivity index (χ1) is 8.62. The lowest BCUT2D eigenvalue weighted by atomic mass is 10.2. The number of ether oxygens (including phenoxy) is 1. The first-order valence-corrected chi connectivity index (χ1v) is 6.80. The zero-order valence-electron chi connectivity index (χ0n) is 10.8. The molecule has 5 heteroatoms. The fourth-order valence-electron chi connectivity index (χ4n) is 1.86. The summed E-state index contributed by atoms with van der Waals surface area (Å²) >= 11 is 3.31. The number of aliphatic hydroxyl groups excluding tert-OH is 1. The normalized spacial score (nSPS) is 10.9. The Morgan fingerprint density at radius 2 is 2.06 bits per heavy atom. The van der Waals surface area contributed by atoms with Gasteiger partial charge in [-0.25, -0.2) is 0 Å². The van der Waals surface area contributed by atoms with Gasteiger partial charge in [-0.05, 0) is 46.6 Å². The van der Waals surface area contributed by atoms with Crippen molar-refractivity contribution in [3.63, 3.8) is 0 Å². The second-order valence-electron chi connectivity index (χ2n) is 4.13. The molecule has 0 saturated heterocycles. The molecule has 0 aromatic heterocycles. The molecule has 0 aliphatic rings. The van der Waals surface area contributed by atoms with Crippen molar-refractivity contribution in [1.29, 1.82) is 0 Å². The first kappa shape index (κ1) is 15.3. The van der Waals surface area contributed by atoms with E-state index in [1.54, 1.807) is 0 Å². The molecule has 0 radical (unpaired) electrons. The molecule has 0 heterocycles. The van der Waals surface area contributed by atoms with Crippen LogP contribution >= 0.6 is 15.9 Å². The molecule has 102 valence electrons. The summed E-state index contributed by atoms with van der Waals surface area (Å²) in [4.78, 5) is 2.16. The van der Waals surface area contributed by atoms with E-state index in [9.17, 15) is 5.11 Å². The van der Waals surface area contributed by atoms with Gasteiger partial charge in [0, 0.05) is 13.1 Å². The van der Waals surface area contributed by atoms with Gasteiger partial charge in [0.25, 0.3) is 0 Å². The van der Waals surface area contributed by atoms with Gasteiger partial charge in [-0.2, -0.15) is 0 Å². The predicted molar refractivity (Wildman–Crippen MR) is 75.0 cm³/mol. The molecule has 0 aliphatic heterocycles. The third-order valence-electron chi connectivity index (χ3n) is 2.67. The van der Waals surface area contributed by atoms with Gasteiger partial charge >= 0.3 is 0 Å². The number of nitrogens with zero attached hydrogens (tertiary/aromatic N) is 1. The Morgan fingerprint density at radius 1 is 1.33 bits per heavy atom. The summed E-state index contributed by atoms with van der Waals surface area (Å²) in [7, 11) is 1.53. The van der Waals surface area contributed by atoms with E-state index in [1.807, 2.05) is 12.1 Å². The van der Waals surface area contributed by atoms with Gasteiger partial charge in [-0.3, -0.25) is 4.90 Å². The molecule has 0 saturated carbocycles. The lowest BCUT2D eigenvalue weighted by molar-refractivity contribution is 0.190. The second-order valence-corrected chi connectivity index (χ2v) is 4.98. The van der Waals surface area contributed by atoms with Gasteiger partial charge in [-0.1, -0.05) is 6.92 Å². The van der Waals surface area contributed by atoms with Crippen molar-refractivity contribution in [2.24, 2.45) is 0 Å². The van der Waals surface area contributed by atoms with Crippen LogP contribution in [0.4, 0.5) is 0 Å². The lowest BCUT2D eigenvalue weighted by Gasteiger charge is -2.21. The maximum atomic E-state index is 9.74. The van der Waals surface area contributed by atoms with Crippen LogP contribution < -0.4 is 4.74 Å². The summed E-state index contributed by atoms with van der Waals surface area (Å²) in [6.07, 6.45) is 1.04. The molecular formula is C13H20BrNO3. The van der Waals surface area contributed by atoms with E-state index in [0.29, 0.717) is 16.8 Å². The Labute approximate surface area is 116 Å². The standard InChI is InChI=1S/C13H20BrNO3/c1-3-4-15(5-6-16)9-10-7-11(14)13(17)12(8-10)18-2/h7-8,16-17H,3-6,9H2,1-2H3. The zero-order chi connectivity index (χ0) is 13.5. The van der Waals surface area contributed by atoms with Crippen molar-refractivity contribution in [3.8, 4) is 11.5 Å². The molecule has 2 N–H and O–H groups in total. The van der Waals surface area contributed by atoms with Crippen LogP contribution in [-0.4, -0.2) is 41.9 Å². The average molecular weight is 318 g/mol. The molecule has 0 fully saturated rings. The molecular weight excluding hydrogens is 298 g/mol. The van der Waals surface area contributed by atoms with Crippen molar-refractivity contribution in [3.05, 3.63) is 22.2 Å². The number of phenolic OH excluding ortho intramolecular Hbond substituents is 1. The number of hydrogen-bond donors (Lipinski definition) is 2. The fraction of sp³-hybridized carbons (Fsp3) is 0.538. The summed E-state index contributed by atoms with van der Waals surface area (Å²) in [6.45, 7) is 4.56. The molecule has 18 heavy (non-hydrogen) atoms. The Kier molecular flexibility index (Phi) is 6.46. The Balaban J connectivity index is 2.85. The summed E-state index contributed by atoms with van der Waals surface area (Å²) < 4.78 is 5.74. The van der Waals surface area contributed by atoms with Crippen LogP contribution in [0.3, 0.4) is 0 Å². The van der Waals surface area contributed by atoms with E-state index in [-0.39, 0.29) is 12.4 Å². The average Bonchev–Trinajstić information content (AvgIpc) is 2.34. The van der Waals surface area contributed by atoms with Gasteiger partial charge in [0.15, 0.2) is 11.5 Å². The Morgan fingerprint density at radius 3 is 2.61 bits per heavy atom. The number of rotatable bonds is 7. The van der Waals surface area contributed by atoms with Crippen LogP contribution in [0, 0.1) is 0 Å². The highest BCUT2D eigenvalue weighted by atomic mass is 79.9. The molecule has 0 bridgehead atoms. The van der Waals surface area contributed by atoms with Crippen LogP contribution in [0.2, 0.25) is 0 Å².